The summed E-state index contributed by atoms with van der Waals surface area (Å²) >= 11 is 0. The number of ether oxygens (including phenoxy) is 2. The van der Waals surface area contributed by atoms with Crippen molar-refractivity contribution in [2.45, 2.75) is 39.2 Å². The second-order valence-electron chi connectivity index (χ2n) is 6.56. The summed E-state index contributed by atoms with van der Waals surface area (Å²) < 4.78 is 46.4. The number of pyridine rings is 1. The Morgan fingerprint density at radius 3 is 2.20 bits per heavy atom. The molecule has 0 saturated heterocycles. The first-order valence-corrected chi connectivity index (χ1v) is 9.64. The Bertz CT molecular complexity index is 778. The van der Waals surface area contributed by atoms with Gasteiger partial charge in [0.15, 0.2) is 5.96 Å². The molecule has 1 aromatic carbocycles. The lowest BCUT2D eigenvalue weighted by Gasteiger charge is -2.13. The molecule has 0 radical (unpaired) electrons. The Morgan fingerprint density at radius 2 is 1.63 bits per heavy atom. The highest BCUT2D eigenvalue weighted by atomic mass is 19.4. The first-order chi connectivity index (χ1) is 14.4. The zero-order valence-electron chi connectivity index (χ0n) is 17.1. The smallest absolute Gasteiger partial charge is 0.411 e. The molecule has 6 nitrogen and oxygen atoms in total. The molecule has 0 aliphatic heterocycles. The summed E-state index contributed by atoms with van der Waals surface area (Å²) in [4.78, 5) is 8.44. The molecule has 0 amide bonds. The second kappa shape index (κ2) is 12.0. The van der Waals surface area contributed by atoms with E-state index in [0.717, 1.165) is 17.5 Å². The van der Waals surface area contributed by atoms with E-state index >= 15 is 0 Å². The predicted molar refractivity (Wildman–Crippen MR) is 109 cm³/mol. The maximum atomic E-state index is 12.1. The van der Waals surface area contributed by atoms with Crippen LogP contribution in [-0.4, -0.2) is 37.4 Å². The van der Waals surface area contributed by atoms with E-state index in [4.69, 9.17) is 4.74 Å². The number of alkyl halides is 3. The standard InChI is InChI=1S/C21H27F3N4O2/c1-3-10-30-19-9-8-18(12-26-19)13-28-20(25-2)27-11-16-4-6-17(7-5-16)14-29-15-21(22,23)24/h4-9,12H,3,10-11,13-15H2,1-2H3,(H2,25,27,28). The lowest BCUT2D eigenvalue weighted by atomic mass is 10.1. The van der Waals surface area contributed by atoms with Crippen LogP contribution in [0.3, 0.4) is 0 Å². The summed E-state index contributed by atoms with van der Waals surface area (Å²) in [6.45, 7) is 2.43. The average Bonchev–Trinajstić information content (AvgIpc) is 2.73. The van der Waals surface area contributed by atoms with Gasteiger partial charge in [0.2, 0.25) is 5.88 Å². The molecule has 30 heavy (non-hydrogen) atoms. The van der Waals surface area contributed by atoms with E-state index in [0.29, 0.717) is 37.1 Å². The highest BCUT2D eigenvalue weighted by molar-refractivity contribution is 5.79. The molecule has 1 heterocycles. The summed E-state index contributed by atoms with van der Waals surface area (Å²) in [6, 6.07) is 11.0. The van der Waals surface area contributed by atoms with Crippen molar-refractivity contribution < 1.29 is 22.6 Å². The van der Waals surface area contributed by atoms with Crippen LogP contribution in [0.1, 0.15) is 30.0 Å². The van der Waals surface area contributed by atoms with Gasteiger partial charge in [-0.1, -0.05) is 37.3 Å². The van der Waals surface area contributed by atoms with Gasteiger partial charge in [0.25, 0.3) is 0 Å². The Kier molecular flexibility index (Phi) is 9.40. The number of halogens is 3. The van der Waals surface area contributed by atoms with Gasteiger partial charge in [0, 0.05) is 32.4 Å². The van der Waals surface area contributed by atoms with E-state index < -0.39 is 12.8 Å². The van der Waals surface area contributed by atoms with Gasteiger partial charge in [-0.2, -0.15) is 13.2 Å². The summed E-state index contributed by atoms with van der Waals surface area (Å²) in [5.41, 5.74) is 2.64. The normalized spacial score (nSPS) is 12.0. The third kappa shape index (κ3) is 9.13. The van der Waals surface area contributed by atoms with Crippen LogP contribution < -0.4 is 15.4 Å². The van der Waals surface area contributed by atoms with Crippen LogP contribution in [0.4, 0.5) is 13.2 Å². The molecule has 164 valence electrons. The van der Waals surface area contributed by atoms with Crippen LogP contribution in [0.5, 0.6) is 5.88 Å². The van der Waals surface area contributed by atoms with Crippen molar-refractivity contribution in [1.29, 1.82) is 0 Å². The third-order valence-corrected chi connectivity index (χ3v) is 3.95. The molecule has 0 spiro atoms. The van der Waals surface area contributed by atoms with Gasteiger partial charge >= 0.3 is 6.18 Å². The van der Waals surface area contributed by atoms with E-state index in [-0.39, 0.29) is 6.61 Å². The first-order valence-electron chi connectivity index (χ1n) is 9.64. The van der Waals surface area contributed by atoms with Crippen molar-refractivity contribution in [1.82, 2.24) is 15.6 Å². The van der Waals surface area contributed by atoms with Crippen LogP contribution in [-0.2, 0) is 24.4 Å². The monoisotopic (exact) mass is 424 g/mol. The van der Waals surface area contributed by atoms with Crippen molar-refractivity contribution in [3.05, 3.63) is 59.3 Å². The van der Waals surface area contributed by atoms with Crippen molar-refractivity contribution in [3.63, 3.8) is 0 Å². The molecule has 0 atom stereocenters. The lowest BCUT2D eigenvalue weighted by Crippen LogP contribution is -2.36. The van der Waals surface area contributed by atoms with E-state index in [1.807, 2.05) is 31.2 Å². The van der Waals surface area contributed by atoms with E-state index in [1.54, 1.807) is 25.4 Å². The maximum Gasteiger partial charge on any atom is 0.411 e. The molecule has 2 aromatic rings. The number of benzene rings is 1. The van der Waals surface area contributed by atoms with Gasteiger partial charge < -0.3 is 20.1 Å². The number of aromatic nitrogens is 1. The van der Waals surface area contributed by atoms with Crippen LogP contribution in [0, 0.1) is 0 Å². The molecule has 0 aliphatic rings. The summed E-state index contributed by atoms with van der Waals surface area (Å²) in [7, 11) is 1.68. The minimum absolute atomic E-state index is 0.0766. The van der Waals surface area contributed by atoms with Crippen molar-refractivity contribution in [2.75, 3.05) is 20.3 Å². The molecule has 0 aliphatic carbocycles. The lowest BCUT2D eigenvalue weighted by molar-refractivity contribution is -0.176. The molecule has 0 bridgehead atoms. The first kappa shape index (κ1) is 23.5. The minimum Gasteiger partial charge on any atom is -0.478 e. The Labute approximate surface area is 174 Å². The van der Waals surface area contributed by atoms with E-state index in [9.17, 15) is 13.2 Å². The maximum absolute atomic E-state index is 12.1. The molecule has 0 saturated carbocycles. The topological polar surface area (TPSA) is 67.8 Å². The molecule has 2 N–H and O–H groups in total. The fraction of sp³-hybridized carbons (Fsp3) is 0.429. The van der Waals surface area contributed by atoms with Gasteiger partial charge in [-0.15, -0.1) is 0 Å². The van der Waals surface area contributed by atoms with Gasteiger partial charge in [-0.25, -0.2) is 4.98 Å². The Morgan fingerprint density at radius 1 is 1.00 bits per heavy atom. The summed E-state index contributed by atoms with van der Waals surface area (Å²) in [6.07, 6.45) is -1.62. The third-order valence-electron chi connectivity index (χ3n) is 3.95. The van der Waals surface area contributed by atoms with Crippen LogP contribution in [0.25, 0.3) is 0 Å². The highest BCUT2D eigenvalue weighted by Gasteiger charge is 2.27. The molecule has 1 aromatic heterocycles. The number of hydrogen-bond donors (Lipinski definition) is 2. The SMILES string of the molecule is CCCOc1ccc(CNC(=NC)NCc2ccc(COCC(F)(F)F)cc2)cn1. The van der Waals surface area contributed by atoms with Crippen molar-refractivity contribution in [3.8, 4) is 5.88 Å². The molecule has 2 rings (SSSR count). The van der Waals surface area contributed by atoms with Gasteiger partial charge in [-0.3, -0.25) is 4.99 Å². The van der Waals surface area contributed by atoms with Gasteiger partial charge in [-0.05, 0) is 23.1 Å². The Hall–Kier alpha value is -2.81. The number of rotatable bonds is 10. The molecule has 0 unspecified atom stereocenters. The van der Waals surface area contributed by atoms with Gasteiger partial charge in [0.05, 0.1) is 13.2 Å². The van der Waals surface area contributed by atoms with Crippen LogP contribution in [0.2, 0.25) is 0 Å². The highest BCUT2D eigenvalue weighted by Crippen LogP contribution is 2.16. The molecular weight excluding hydrogens is 397 g/mol. The number of guanidine groups is 1. The summed E-state index contributed by atoms with van der Waals surface area (Å²) in [5.74, 6) is 1.23. The van der Waals surface area contributed by atoms with E-state index in [1.165, 1.54) is 0 Å². The van der Waals surface area contributed by atoms with Crippen molar-refractivity contribution in [2.24, 2.45) is 4.99 Å². The number of hydrogen-bond acceptors (Lipinski definition) is 4. The zero-order chi connectivity index (χ0) is 21.8. The number of nitrogens with zero attached hydrogens (tertiary/aromatic N) is 2. The largest absolute Gasteiger partial charge is 0.478 e. The quantitative estimate of drug-likeness (QED) is 0.448. The van der Waals surface area contributed by atoms with Crippen LogP contribution in [0.15, 0.2) is 47.6 Å². The molecular formula is C21H27F3N4O2. The fourth-order valence-corrected chi connectivity index (χ4v) is 2.44. The van der Waals surface area contributed by atoms with E-state index in [2.05, 4.69) is 25.3 Å². The fourth-order valence-electron chi connectivity index (χ4n) is 2.44. The van der Waals surface area contributed by atoms with Gasteiger partial charge in [0.1, 0.15) is 6.61 Å². The summed E-state index contributed by atoms with van der Waals surface area (Å²) in [5, 5.41) is 6.40. The second-order valence-corrected chi connectivity index (χ2v) is 6.56. The zero-order valence-corrected chi connectivity index (χ0v) is 17.1. The predicted octanol–water partition coefficient (Wildman–Crippen LogP) is 3.81. The average molecular weight is 424 g/mol. The minimum atomic E-state index is -4.31. The van der Waals surface area contributed by atoms with Crippen LogP contribution >= 0.6 is 0 Å². The number of aliphatic imine (C=N–C) groups is 1. The molecule has 0 fully saturated rings. The number of nitrogens with one attached hydrogen (secondary N) is 2. The van der Waals surface area contributed by atoms with Crippen molar-refractivity contribution >= 4 is 5.96 Å². The molecule has 9 heteroatoms. The Balaban J connectivity index is 1.74.